The minimum absolute atomic E-state index is 0.278. The molecule has 13 heavy (non-hydrogen) atoms. The predicted octanol–water partition coefficient (Wildman–Crippen LogP) is 2.72. The zero-order valence-corrected chi connectivity index (χ0v) is 6.22. The first-order chi connectivity index (χ1) is 5.93. The van der Waals surface area contributed by atoms with Crippen LogP contribution in [0.2, 0.25) is 0 Å². The molecule has 0 spiro atoms. The Kier molecular flexibility index (Phi) is 2.15. The second-order valence-electron chi connectivity index (χ2n) is 2.36. The van der Waals surface area contributed by atoms with Crippen molar-refractivity contribution in [1.29, 1.82) is 5.26 Å². The zero-order chi connectivity index (χ0) is 10.1. The Balaban J connectivity index is 3.26. The van der Waals surface area contributed by atoms with Gasteiger partial charge in [-0.1, -0.05) is 0 Å². The van der Waals surface area contributed by atoms with Crippen molar-refractivity contribution in [2.45, 2.75) is 6.18 Å². The Morgan fingerprint density at radius 1 is 1.23 bits per heavy atom. The Morgan fingerprint density at radius 3 is 2.31 bits per heavy atom. The highest BCUT2D eigenvalue weighted by Gasteiger charge is 2.31. The molecule has 1 radical (unpaired) electrons. The lowest BCUT2D eigenvalue weighted by Crippen LogP contribution is -2.04. The lowest BCUT2D eigenvalue weighted by molar-refractivity contribution is -0.137. The Labute approximate surface area is 71.8 Å². The first-order valence-electron chi connectivity index (χ1n) is 3.23. The van der Waals surface area contributed by atoms with Gasteiger partial charge in [-0.15, -0.1) is 0 Å². The van der Waals surface area contributed by atoms with Gasteiger partial charge >= 0.3 is 6.18 Å². The quantitative estimate of drug-likeness (QED) is 0.614. The molecule has 0 heterocycles. The van der Waals surface area contributed by atoms with Crippen molar-refractivity contribution in [2.75, 3.05) is 0 Å². The summed E-state index contributed by atoms with van der Waals surface area (Å²) in [6.45, 7) is 0. The molecule has 0 aliphatic heterocycles. The predicted molar refractivity (Wildman–Crippen MR) is 36.3 cm³/mol. The number of alkyl halides is 3. The van der Waals surface area contributed by atoms with E-state index in [4.69, 9.17) is 5.26 Å². The molecule has 0 saturated heterocycles. The average molecular weight is 186 g/mol. The third-order valence-electron chi connectivity index (χ3n) is 1.36. The molecule has 1 rings (SSSR count). The summed E-state index contributed by atoms with van der Waals surface area (Å²) in [4.78, 5) is 0. The van der Waals surface area contributed by atoms with Crippen LogP contribution in [-0.2, 0) is 11.3 Å². The molecule has 0 saturated carbocycles. The van der Waals surface area contributed by atoms with Gasteiger partial charge in [0.15, 0.2) is 5.75 Å². The molecule has 1 aromatic rings. The molecule has 5 heteroatoms. The van der Waals surface area contributed by atoms with Gasteiger partial charge in [0.2, 0.25) is 0 Å². The smallest absolute Gasteiger partial charge is 0.290 e. The van der Waals surface area contributed by atoms with Gasteiger partial charge in [0.1, 0.15) is 0 Å². The normalized spacial score (nSPS) is 10.9. The van der Waals surface area contributed by atoms with E-state index in [0.717, 1.165) is 6.07 Å². The van der Waals surface area contributed by atoms with E-state index in [0.29, 0.717) is 12.1 Å². The number of halogens is 3. The third-order valence-corrected chi connectivity index (χ3v) is 1.36. The van der Waals surface area contributed by atoms with Gasteiger partial charge in [-0.05, 0) is 12.1 Å². The Morgan fingerprint density at radius 2 is 1.85 bits per heavy atom. The van der Waals surface area contributed by atoms with Crippen molar-refractivity contribution in [2.24, 2.45) is 0 Å². The Bertz CT molecular complexity index is 365. The van der Waals surface area contributed by atoms with Crippen LogP contribution in [0.15, 0.2) is 18.2 Å². The van der Waals surface area contributed by atoms with Crippen molar-refractivity contribution in [3.05, 3.63) is 29.3 Å². The van der Waals surface area contributed by atoms with E-state index in [1.807, 2.05) is 0 Å². The standard InChI is InChI=1S/C8H3F3NO/c9-8(10,11)6-1-5(4-12)2-7(13)3-6/h1-3H. The number of hydrogen-bond donors (Lipinski definition) is 0. The summed E-state index contributed by atoms with van der Waals surface area (Å²) in [6.07, 6.45) is -4.58. The summed E-state index contributed by atoms with van der Waals surface area (Å²) in [5, 5.41) is 19.0. The summed E-state index contributed by atoms with van der Waals surface area (Å²) in [6, 6.07) is 3.44. The largest absolute Gasteiger partial charge is 0.416 e. The minimum atomic E-state index is -4.58. The monoisotopic (exact) mass is 186 g/mol. The summed E-state index contributed by atoms with van der Waals surface area (Å²) < 4.78 is 36.1. The van der Waals surface area contributed by atoms with Gasteiger partial charge < -0.3 is 0 Å². The van der Waals surface area contributed by atoms with E-state index in [2.05, 4.69) is 0 Å². The van der Waals surface area contributed by atoms with E-state index in [1.54, 1.807) is 0 Å². The molecular weight excluding hydrogens is 183 g/mol. The van der Waals surface area contributed by atoms with Gasteiger partial charge in [-0.2, -0.15) is 18.4 Å². The molecule has 0 bridgehead atoms. The maximum absolute atomic E-state index is 12.0. The first-order valence-corrected chi connectivity index (χ1v) is 3.23. The van der Waals surface area contributed by atoms with Crippen LogP contribution in [-0.4, -0.2) is 0 Å². The van der Waals surface area contributed by atoms with Crippen molar-refractivity contribution >= 4 is 0 Å². The van der Waals surface area contributed by atoms with Crippen LogP contribution in [0.25, 0.3) is 0 Å². The van der Waals surface area contributed by atoms with Crippen LogP contribution < -0.4 is 0 Å². The third kappa shape index (κ3) is 2.12. The number of benzene rings is 1. The van der Waals surface area contributed by atoms with Gasteiger partial charge in [-0.25, -0.2) is 0 Å². The maximum Gasteiger partial charge on any atom is 0.416 e. The van der Waals surface area contributed by atoms with Crippen LogP contribution >= 0.6 is 0 Å². The van der Waals surface area contributed by atoms with Crippen molar-refractivity contribution < 1.29 is 18.3 Å². The van der Waals surface area contributed by atoms with E-state index >= 15 is 0 Å². The van der Waals surface area contributed by atoms with Gasteiger partial charge in [-0.3, -0.25) is 5.11 Å². The number of rotatable bonds is 0. The SMILES string of the molecule is N#Cc1cc([O])cc(C(F)(F)F)c1. The molecule has 0 unspecified atom stereocenters. The van der Waals surface area contributed by atoms with E-state index in [9.17, 15) is 18.3 Å². The van der Waals surface area contributed by atoms with Gasteiger partial charge in [0.25, 0.3) is 0 Å². The van der Waals surface area contributed by atoms with Crippen LogP contribution in [0, 0.1) is 11.3 Å². The zero-order valence-electron chi connectivity index (χ0n) is 6.22. The molecule has 0 atom stereocenters. The highest BCUT2D eigenvalue weighted by atomic mass is 19.4. The summed E-state index contributed by atoms with van der Waals surface area (Å²) >= 11 is 0. The fourth-order valence-corrected chi connectivity index (χ4v) is 0.827. The second kappa shape index (κ2) is 2.98. The molecule has 0 fully saturated rings. The molecule has 0 aliphatic rings. The molecule has 0 amide bonds. The maximum atomic E-state index is 12.0. The highest BCUT2D eigenvalue weighted by Crippen LogP contribution is 2.32. The van der Waals surface area contributed by atoms with Gasteiger partial charge in [0.05, 0.1) is 17.2 Å². The number of hydrogen-bond acceptors (Lipinski definition) is 1. The summed E-state index contributed by atoms with van der Waals surface area (Å²) in [5.41, 5.74) is -1.36. The number of nitrogens with zero attached hydrogens (tertiary/aromatic N) is 1. The lowest BCUT2D eigenvalue weighted by Gasteiger charge is -2.05. The van der Waals surface area contributed by atoms with E-state index in [-0.39, 0.29) is 5.56 Å². The molecule has 0 N–H and O–H groups in total. The molecular formula is C8H3F3NO. The fourth-order valence-electron chi connectivity index (χ4n) is 0.827. The second-order valence-corrected chi connectivity index (χ2v) is 2.36. The average Bonchev–Trinajstić information content (AvgIpc) is 2.01. The minimum Gasteiger partial charge on any atom is -0.290 e. The summed E-state index contributed by atoms with van der Waals surface area (Å²) in [5.74, 6) is -0.814. The molecule has 67 valence electrons. The van der Waals surface area contributed by atoms with E-state index in [1.165, 1.54) is 6.07 Å². The van der Waals surface area contributed by atoms with Crippen molar-refractivity contribution in [3.63, 3.8) is 0 Å². The van der Waals surface area contributed by atoms with Crippen LogP contribution in [0.3, 0.4) is 0 Å². The molecule has 1 aromatic carbocycles. The Hall–Kier alpha value is -1.70. The molecule has 2 nitrogen and oxygen atoms in total. The topological polar surface area (TPSA) is 43.7 Å². The number of nitriles is 1. The fraction of sp³-hybridized carbons (Fsp3) is 0.125. The molecule has 0 aromatic heterocycles. The van der Waals surface area contributed by atoms with Crippen molar-refractivity contribution in [3.8, 4) is 11.8 Å². The lowest BCUT2D eigenvalue weighted by atomic mass is 10.1. The van der Waals surface area contributed by atoms with Crippen LogP contribution in [0.4, 0.5) is 13.2 Å². The van der Waals surface area contributed by atoms with Crippen molar-refractivity contribution in [1.82, 2.24) is 0 Å². The van der Waals surface area contributed by atoms with Gasteiger partial charge in [0, 0.05) is 6.07 Å². The highest BCUT2D eigenvalue weighted by molar-refractivity contribution is 5.40. The van der Waals surface area contributed by atoms with Crippen LogP contribution in [0.1, 0.15) is 11.1 Å². The first kappa shape index (κ1) is 9.39. The van der Waals surface area contributed by atoms with E-state index < -0.39 is 17.5 Å². The molecule has 0 aliphatic carbocycles. The summed E-state index contributed by atoms with van der Waals surface area (Å²) in [7, 11) is 0. The van der Waals surface area contributed by atoms with Crippen LogP contribution in [0.5, 0.6) is 5.75 Å².